The van der Waals surface area contributed by atoms with E-state index >= 15 is 0 Å². The van der Waals surface area contributed by atoms with Crippen LogP contribution in [0.25, 0.3) is 10.9 Å². The number of nitrogens with zero attached hydrogens (tertiary/aromatic N) is 6. The summed E-state index contributed by atoms with van der Waals surface area (Å²) in [6.07, 6.45) is 1.39. The maximum atomic E-state index is 12.6. The number of hydrogen-bond acceptors (Lipinski definition) is 10. The summed E-state index contributed by atoms with van der Waals surface area (Å²) in [5.41, 5.74) is 3.16. The maximum absolute atomic E-state index is 12.6. The molecule has 1 aromatic heterocycles. The molecule has 1 N–H and O–H groups in total. The first kappa shape index (κ1) is 28.5. The predicted molar refractivity (Wildman–Crippen MR) is 160 cm³/mol. The molecule has 2 heterocycles. The molecule has 0 atom stereocenters. The van der Waals surface area contributed by atoms with Crippen molar-refractivity contribution in [3.63, 3.8) is 0 Å². The van der Waals surface area contributed by atoms with Gasteiger partial charge in [0.05, 0.1) is 27.3 Å². The summed E-state index contributed by atoms with van der Waals surface area (Å²) >= 11 is 1.08. The lowest BCUT2D eigenvalue weighted by Gasteiger charge is -2.24. The molecule has 1 aliphatic heterocycles. The molecule has 3 aromatic carbocycles. The van der Waals surface area contributed by atoms with Gasteiger partial charge in [-0.05, 0) is 67.7 Å². The van der Waals surface area contributed by atoms with Crippen molar-refractivity contribution in [2.24, 2.45) is 10.2 Å². The molecule has 0 fully saturated rings. The SMILES string of the molecule is CCN(CCCCN1C(=O)c2ccccc2C1=O)c1ccc(/N=N/c2snc3ccc([N+](=O)[O-])cc23)c(NC(C)=O)c1. The Morgan fingerprint density at radius 1 is 1.05 bits per heavy atom. The van der Waals surface area contributed by atoms with Gasteiger partial charge in [-0.25, -0.2) is 0 Å². The van der Waals surface area contributed by atoms with Gasteiger partial charge < -0.3 is 10.2 Å². The van der Waals surface area contributed by atoms with Crippen molar-refractivity contribution < 1.29 is 19.3 Å². The highest BCUT2D eigenvalue weighted by Gasteiger charge is 2.34. The Kier molecular flexibility index (Phi) is 8.29. The minimum atomic E-state index is -0.477. The predicted octanol–water partition coefficient (Wildman–Crippen LogP) is 6.48. The van der Waals surface area contributed by atoms with Gasteiger partial charge in [0.2, 0.25) is 5.91 Å². The molecule has 214 valence electrons. The highest BCUT2D eigenvalue weighted by atomic mass is 32.1. The van der Waals surface area contributed by atoms with Gasteiger partial charge in [0.15, 0.2) is 5.00 Å². The number of anilines is 2. The van der Waals surface area contributed by atoms with Crippen molar-refractivity contribution >= 4 is 67.9 Å². The molecule has 0 unspecified atom stereocenters. The number of nitrogens with one attached hydrogen (secondary N) is 1. The van der Waals surface area contributed by atoms with Crippen LogP contribution in [0.5, 0.6) is 0 Å². The van der Waals surface area contributed by atoms with E-state index in [1.165, 1.54) is 24.0 Å². The summed E-state index contributed by atoms with van der Waals surface area (Å²) in [6.45, 7) is 5.13. The van der Waals surface area contributed by atoms with Crippen LogP contribution >= 0.6 is 11.5 Å². The van der Waals surface area contributed by atoms with Crippen LogP contribution in [0.4, 0.5) is 27.8 Å². The summed E-state index contributed by atoms with van der Waals surface area (Å²) < 4.78 is 4.28. The normalized spacial score (nSPS) is 12.8. The number of carbonyl (C=O) groups is 3. The fourth-order valence-corrected chi connectivity index (χ4v) is 5.47. The third-order valence-corrected chi connectivity index (χ3v) is 7.64. The lowest BCUT2D eigenvalue weighted by Crippen LogP contribution is -2.31. The molecule has 3 amide bonds. The Hall–Kier alpha value is -5.04. The summed E-state index contributed by atoms with van der Waals surface area (Å²) in [5.74, 6) is -0.777. The van der Waals surface area contributed by atoms with E-state index in [4.69, 9.17) is 0 Å². The molecule has 0 spiro atoms. The molecule has 13 heteroatoms. The minimum Gasteiger partial charge on any atom is -0.372 e. The van der Waals surface area contributed by atoms with Crippen LogP contribution in [-0.4, -0.2) is 51.6 Å². The van der Waals surface area contributed by atoms with Gasteiger partial charge in [-0.3, -0.25) is 29.4 Å². The number of rotatable bonds is 11. The highest BCUT2D eigenvalue weighted by molar-refractivity contribution is 7.11. The summed E-state index contributed by atoms with van der Waals surface area (Å²) in [7, 11) is 0. The second kappa shape index (κ2) is 12.2. The number of aromatic nitrogens is 1. The lowest BCUT2D eigenvalue weighted by atomic mass is 10.1. The van der Waals surface area contributed by atoms with Crippen molar-refractivity contribution in [1.29, 1.82) is 0 Å². The smallest absolute Gasteiger partial charge is 0.270 e. The minimum absolute atomic E-state index is 0.0641. The molecule has 0 aliphatic carbocycles. The second-order valence-corrected chi connectivity index (χ2v) is 10.4. The van der Waals surface area contributed by atoms with E-state index in [1.54, 1.807) is 36.4 Å². The quantitative estimate of drug-likeness (QED) is 0.0695. The van der Waals surface area contributed by atoms with Gasteiger partial charge in [-0.2, -0.15) is 4.37 Å². The Morgan fingerprint density at radius 3 is 2.45 bits per heavy atom. The first-order valence-electron chi connectivity index (χ1n) is 13.3. The largest absolute Gasteiger partial charge is 0.372 e. The fourth-order valence-electron chi connectivity index (χ4n) is 4.78. The molecule has 1 aliphatic rings. The first-order valence-corrected chi connectivity index (χ1v) is 14.1. The van der Waals surface area contributed by atoms with Gasteiger partial charge in [0.1, 0.15) is 5.69 Å². The zero-order valence-electron chi connectivity index (χ0n) is 22.9. The van der Waals surface area contributed by atoms with Gasteiger partial charge in [-0.15, -0.1) is 10.2 Å². The molecular weight excluding hydrogens is 558 g/mol. The molecule has 4 aromatic rings. The molecule has 0 saturated heterocycles. The average molecular weight is 586 g/mol. The molecule has 12 nitrogen and oxygen atoms in total. The number of imide groups is 1. The Labute approximate surface area is 245 Å². The van der Waals surface area contributed by atoms with Crippen molar-refractivity contribution in [1.82, 2.24) is 9.27 Å². The van der Waals surface area contributed by atoms with Crippen LogP contribution in [0.1, 0.15) is 47.4 Å². The van der Waals surface area contributed by atoms with Crippen LogP contribution in [0.2, 0.25) is 0 Å². The molecule has 5 rings (SSSR count). The highest BCUT2D eigenvalue weighted by Crippen LogP contribution is 2.36. The number of benzene rings is 3. The number of nitro benzene ring substituents is 1. The summed E-state index contributed by atoms with van der Waals surface area (Å²) in [5, 5.41) is 23.5. The fraction of sp³-hybridized carbons (Fsp3) is 0.241. The Balaban J connectivity index is 1.27. The first-order chi connectivity index (χ1) is 20.3. The van der Waals surface area contributed by atoms with Crippen molar-refractivity contribution in [2.75, 3.05) is 29.9 Å². The molecule has 42 heavy (non-hydrogen) atoms. The van der Waals surface area contributed by atoms with E-state index in [0.29, 0.717) is 64.5 Å². The van der Waals surface area contributed by atoms with E-state index in [-0.39, 0.29) is 23.4 Å². The van der Waals surface area contributed by atoms with Crippen LogP contribution in [0.15, 0.2) is 70.9 Å². The number of hydrogen-bond donors (Lipinski definition) is 1. The number of amides is 3. The zero-order valence-corrected chi connectivity index (χ0v) is 23.8. The van der Waals surface area contributed by atoms with Crippen LogP contribution < -0.4 is 10.2 Å². The Morgan fingerprint density at radius 2 is 1.79 bits per heavy atom. The third-order valence-electron chi connectivity index (χ3n) is 6.88. The number of nitro groups is 1. The van der Waals surface area contributed by atoms with E-state index in [1.807, 2.05) is 19.1 Å². The standard InChI is InChI=1S/C29H27N7O5S/c1-3-34(14-6-7-15-35-28(38)21-8-4-5-9-22(21)29(35)39)19-10-13-25(26(17-19)30-18(2)37)31-32-27-23-16-20(36(40)41)11-12-24(23)33-42-27/h4-5,8-13,16-17H,3,6-7,14-15H2,1-2H3,(H,30,37)/b32-31+. The van der Waals surface area contributed by atoms with Crippen molar-refractivity contribution in [3.8, 4) is 0 Å². The molecule has 0 saturated carbocycles. The molecule has 0 bridgehead atoms. The van der Waals surface area contributed by atoms with Crippen LogP contribution in [0, 0.1) is 10.1 Å². The van der Waals surface area contributed by atoms with E-state index in [2.05, 4.69) is 24.8 Å². The number of carbonyl (C=O) groups excluding carboxylic acids is 3. The topological polar surface area (TPSA) is 150 Å². The average Bonchev–Trinajstić information content (AvgIpc) is 3.49. The number of azo groups is 1. The molecule has 0 radical (unpaired) electrons. The van der Waals surface area contributed by atoms with Crippen LogP contribution in [0.3, 0.4) is 0 Å². The van der Waals surface area contributed by atoms with Crippen molar-refractivity contribution in [2.45, 2.75) is 26.7 Å². The number of non-ortho nitro benzene ring substituents is 1. The summed E-state index contributed by atoms with van der Waals surface area (Å²) in [4.78, 5) is 51.4. The lowest BCUT2D eigenvalue weighted by molar-refractivity contribution is -0.384. The van der Waals surface area contributed by atoms with E-state index in [0.717, 1.165) is 23.6 Å². The van der Waals surface area contributed by atoms with Crippen molar-refractivity contribution in [3.05, 3.63) is 81.9 Å². The Bertz CT molecular complexity index is 1700. The van der Waals surface area contributed by atoms with Crippen LogP contribution in [-0.2, 0) is 4.79 Å². The number of unbranched alkanes of at least 4 members (excludes halogenated alkanes) is 1. The van der Waals surface area contributed by atoms with E-state index < -0.39 is 4.92 Å². The second-order valence-electron chi connectivity index (χ2n) is 9.62. The van der Waals surface area contributed by atoms with E-state index in [9.17, 15) is 24.5 Å². The van der Waals surface area contributed by atoms with Gasteiger partial charge >= 0.3 is 0 Å². The summed E-state index contributed by atoms with van der Waals surface area (Å²) in [6, 6.07) is 16.7. The zero-order chi connectivity index (χ0) is 29.8. The van der Waals surface area contributed by atoms with Gasteiger partial charge in [0.25, 0.3) is 17.5 Å². The van der Waals surface area contributed by atoms with Gasteiger partial charge in [-0.1, -0.05) is 12.1 Å². The molecular formula is C29H27N7O5S. The monoisotopic (exact) mass is 585 g/mol. The third kappa shape index (κ3) is 5.86. The van der Waals surface area contributed by atoms with Gasteiger partial charge in [0, 0.05) is 49.8 Å². The maximum Gasteiger partial charge on any atom is 0.270 e. The number of fused-ring (bicyclic) bond motifs is 2.